The number of nitrogens with one attached hydrogen (secondary N) is 2. The number of halogens is 1. The van der Waals surface area contributed by atoms with Crippen LogP contribution >= 0.6 is 0 Å². The van der Waals surface area contributed by atoms with Gasteiger partial charge in [-0.15, -0.1) is 0 Å². The van der Waals surface area contributed by atoms with Crippen LogP contribution in [0.5, 0.6) is 0 Å². The van der Waals surface area contributed by atoms with Crippen LogP contribution in [0.2, 0.25) is 0 Å². The SMILES string of the molecule is COC(C)C(C)Nc1cc(NC(=O)OC(C)(C)C)ccc1F. The number of benzene rings is 1. The van der Waals surface area contributed by atoms with Gasteiger partial charge in [0.25, 0.3) is 0 Å². The van der Waals surface area contributed by atoms with Crippen molar-refractivity contribution in [1.29, 1.82) is 0 Å². The van der Waals surface area contributed by atoms with Gasteiger partial charge >= 0.3 is 6.09 Å². The van der Waals surface area contributed by atoms with E-state index in [1.54, 1.807) is 27.9 Å². The highest BCUT2D eigenvalue weighted by molar-refractivity contribution is 5.85. The molecule has 1 rings (SSSR count). The fourth-order valence-electron chi connectivity index (χ4n) is 1.70. The fourth-order valence-corrected chi connectivity index (χ4v) is 1.70. The molecule has 0 saturated carbocycles. The van der Waals surface area contributed by atoms with Gasteiger partial charge in [-0.2, -0.15) is 0 Å². The molecule has 0 aliphatic rings. The Morgan fingerprint density at radius 3 is 2.45 bits per heavy atom. The molecule has 124 valence electrons. The summed E-state index contributed by atoms with van der Waals surface area (Å²) >= 11 is 0. The smallest absolute Gasteiger partial charge is 0.412 e. The van der Waals surface area contributed by atoms with Crippen LogP contribution in [0, 0.1) is 5.82 Å². The number of amides is 1. The molecule has 0 bridgehead atoms. The van der Waals surface area contributed by atoms with Crippen molar-refractivity contribution in [3.8, 4) is 0 Å². The van der Waals surface area contributed by atoms with Crippen LogP contribution in [0.15, 0.2) is 18.2 Å². The molecule has 0 aliphatic carbocycles. The molecule has 1 aromatic carbocycles. The topological polar surface area (TPSA) is 59.6 Å². The summed E-state index contributed by atoms with van der Waals surface area (Å²) in [6.45, 7) is 9.11. The Morgan fingerprint density at radius 1 is 1.27 bits per heavy atom. The standard InChI is InChI=1S/C16H25FN2O3/c1-10(11(2)21-6)18-14-9-12(7-8-13(14)17)19-15(20)22-16(3,4)5/h7-11,18H,1-6H3,(H,19,20). The van der Waals surface area contributed by atoms with Crippen molar-refractivity contribution >= 4 is 17.5 Å². The van der Waals surface area contributed by atoms with E-state index in [-0.39, 0.29) is 12.1 Å². The molecule has 0 heterocycles. The van der Waals surface area contributed by atoms with E-state index in [9.17, 15) is 9.18 Å². The van der Waals surface area contributed by atoms with Gasteiger partial charge in [0.15, 0.2) is 0 Å². The number of hydrogen-bond donors (Lipinski definition) is 2. The maximum Gasteiger partial charge on any atom is 0.412 e. The molecule has 0 aromatic heterocycles. The van der Waals surface area contributed by atoms with Gasteiger partial charge < -0.3 is 14.8 Å². The van der Waals surface area contributed by atoms with Crippen molar-refractivity contribution < 1.29 is 18.7 Å². The normalized spacial score (nSPS) is 14.1. The summed E-state index contributed by atoms with van der Waals surface area (Å²) < 4.78 is 24.2. The average molecular weight is 312 g/mol. The third kappa shape index (κ3) is 5.89. The van der Waals surface area contributed by atoms with Gasteiger partial charge in [0.1, 0.15) is 11.4 Å². The minimum absolute atomic E-state index is 0.0816. The second-order valence-electron chi connectivity index (χ2n) is 6.20. The first kappa shape index (κ1) is 18.2. The minimum atomic E-state index is -0.590. The van der Waals surface area contributed by atoms with E-state index in [0.717, 1.165) is 0 Å². The molecule has 0 aliphatic heterocycles. The summed E-state index contributed by atoms with van der Waals surface area (Å²) in [6.07, 6.45) is -0.662. The van der Waals surface area contributed by atoms with Gasteiger partial charge in [-0.05, 0) is 52.8 Å². The van der Waals surface area contributed by atoms with Crippen molar-refractivity contribution in [3.05, 3.63) is 24.0 Å². The first-order valence-electron chi connectivity index (χ1n) is 7.21. The zero-order valence-electron chi connectivity index (χ0n) is 14.0. The average Bonchev–Trinajstić information content (AvgIpc) is 2.39. The maximum atomic E-state index is 13.9. The molecule has 1 amide bonds. The van der Waals surface area contributed by atoms with E-state index in [2.05, 4.69) is 10.6 Å². The molecule has 2 unspecified atom stereocenters. The third-order valence-corrected chi connectivity index (χ3v) is 3.07. The second-order valence-corrected chi connectivity index (χ2v) is 6.20. The Hall–Kier alpha value is -1.82. The predicted octanol–water partition coefficient (Wildman–Crippen LogP) is 4.01. The van der Waals surface area contributed by atoms with Crippen LogP contribution < -0.4 is 10.6 Å². The van der Waals surface area contributed by atoms with Gasteiger partial charge in [0.2, 0.25) is 0 Å². The maximum absolute atomic E-state index is 13.9. The van der Waals surface area contributed by atoms with E-state index in [0.29, 0.717) is 11.4 Å². The van der Waals surface area contributed by atoms with Crippen LogP contribution in [0.4, 0.5) is 20.6 Å². The highest BCUT2D eigenvalue weighted by Gasteiger charge is 2.17. The number of carbonyl (C=O) groups is 1. The highest BCUT2D eigenvalue weighted by Crippen LogP contribution is 2.22. The summed E-state index contributed by atoms with van der Waals surface area (Å²) in [6, 6.07) is 4.21. The lowest BCUT2D eigenvalue weighted by Crippen LogP contribution is -2.30. The Labute approximate surface area is 131 Å². The third-order valence-electron chi connectivity index (χ3n) is 3.07. The Bertz CT molecular complexity index is 515. The molecular formula is C16H25FN2O3. The molecule has 5 nitrogen and oxygen atoms in total. The first-order valence-corrected chi connectivity index (χ1v) is 7.21. The number of ether oxygens (including phenoxy) is 2. The number of rotatable bonds is 5. The number of carbonyl (C=O) groups excluding carboxylic acids is 1. The lowest BCUT2D eigenvalue weighted by atomic mass is 10.2. The van der Waals surface area contributed by atoms with Crippen molar-refractivity contribution in [2.24, 2.45) is 0 Å². The van der Waals surface area contributed by atoms with E-state index in [1.807, 2.05) is 13.8 Å². The van der Waals surface area contributed by atoms with Crippen LogP contribution in [0.3, 0.4) is 0 Å². The minimum Gasteiger partial charge on any atom is -0.444 e. The van der Waals surface area contributed by atoms with Crippen LogP contribution in [0.1, 0.15) is 34.6 Å². The molecule has 2 atom stereocenters. The fraction of sp³-hybridized carbons (Fsp3) is 0.562. The Balaban J connectivity index is 2.79. The zero-order chi connectivity index (χ0) is 16.9. The molecule has 0 spiro atoms. The Kier molecular flexibility index (Phi) is 6.17. The van der Waals surface area contributed by atoms with E-state index < -0.39 is 17.5 Å². The summed E-state index contributed by atoms with van der Waals surface area (Å²) in [5.74, 6) is -0.398. The van der Waals surface area contributed by atoms with E-state index >= 15 is 0 Å². The van der Waals surface area contributed by atoms with Crippen molar-refractivity contribution in [3.63, 3.8) is 0 Å². The molecule has 22 heavy (non-hydrogen) atoms. The van der Waals surface area contributed by atoms with Crippen molar-refractivity contribution in [1.82, 2.24) is 0 Å². The summed E-state index contributed by atoms with van der Waals surface area (Å²) in [7, 11) is 1.60. The highest BCUT2D eigenvalue weighted by atomic mass is 19.1. The molecule has 0 radical (unpaired) electrons. The lowest BCUT2D eigenvalue weighted by molar-refractivity contribution is 0.0636. The van der Waals surface area contributed by atoms with Gasteiger partial charge in [-0.3, -0.25) is 5.32 Å². The monoisotopic (exact) mass is 312 g/mol. The van der Waals surface area contributed by atoms with Crippen molar-refractivity contribution in [2.45, 2.75) is 52.4 Å². The molecular weight excluding hydrogens is 287 g/mol. The quantitative estimate of drug-likeness (QED) is 0.862. The van der Waals surface area contributed by atoms with Gasteiger partial charge in [-0.1, -0.05) is 0 Å². The summed E-state index contributed by atoms with van der Waals surface area (Å²) in [5.41, 5.74) is 0.161. The first-order chi connectivity index (χ1) is 10.1. The molecule has 2 N–H and O–H groups in total. The second kappa shape index (κ2) is 7.45. The molecule has 1 aromatic rings. The number of methoxy groups -OCH3 is 1. The van der Waals surface area contributed by atoms with Gasteiger partial charge in [0.05, 0.1) is 11.8 Å². The van der Waals surface area contributed by atoms with Crippen molar-refractivity contribution in [2.75, 3.05) is 17.7 Å². The van der Waals surface area contributed by atoms with Gasteiger partial charge in [0, 0.05) is 18.8 Å². The number of hydrogen-bond acceptors (Lipinski definition) is 4. The summed E-state index contributed by atoms with van der Waals surface area (Å²) in [4.78, 5) is 11.7. The molecule has 0 saturated heterocycles. The zero-order valence-corrected chi connectivity index (χ0v) is 14.0. The summed E-state index contributed by atoms with van der Waals surface area (Å²) in [5, 5.41) is 5.61. The number of anilines is 2. The molecule has 0 fully saturated rings. The van der Waals surface area contributed by atoms with Crippen LogP contribution in [-0.2, 0) is 9.47 Å². The van der Waals surface area contributed by atoms with Crippen LogP contribution in [-0.4, -0.2) is 30.9 Å². The Morgan fingerprint density at radius 2 is 1.91 bits per heavy atom. The van der Waals surface area contributed by atoms with Crippen LogP contribution in [0.25, 0.3) is 0 Å². The largest absolute Gasteiger partial charge is 0.444 e. The van der Waals surface area contributed by atoms with E-state index in [1.165, 1.54) is 18.2 Å². The van der Waals surface area contributed by atoms with E-state index in [4.69, 9.17) is 9.47 Å². The predicted molar refractivity (Wildman–Crippen MR) is 85.8 cm³/mol. The van der Waals surface area contributed by atoms with Gasteiger partial charge in [-0.25, -0.2) is 9.18 Å². The molecule has 6 heteroatoms. The lowest BCUT2D eigenvalue weighted by Gasteiger charge is -2.22.